The maximum Gasteiger partial charge on any atom is 0.191 e. The van der Waals surface area contributed by atoms with Crippen molar-refractivity contribution in [3.8, 4) is 5.75 Å². The van der Waals surface area contributed by atoms with E-state index in [4.69, 9.17) is 15.5 Å². The second-order valence-corrected chi connectivity index (χ2v) is 7.14. The Hall–Kier alpha value is -1.75. The number of methoxy groups -OCH3 is 1. The van der Waals surface area contributed by atoms with Gasteiger partial charge < -0.3 is 15.4 Å². The van der Waals surface area contributed by atoms with Gasteiger partial charge in [-0.1, -0.05) is 25.0 Å². The van der Waals surface area contributed by atoms with E-state index in [1.165, 1.54) is 44.1 Å². The summed E-state index contributed by atoms with van der Waals surface area (Å²) < 4.78 is 5.42. The molecule has 2 N–H and O–H groups in total. The summed E-state index contributed by atoms with van der Waals surface area (Å²) in [6.07, 6.45) is 7.61. The van der Waals surface area contributed by atoms with Crippen molar-refractivity contribution < 1.29 is 4.74 Å². The summed E-state index contributed by atoms with van der Waals surface area (Å²) in [4.78, 5) is 9.60. The maximum absolute atomic E-state index is 6.33. The van der Waals surface area contributed by atoms with Crippen LogP contribution in [0.15, 0.2) is 29.3 Å². The molecule has 3 rings (SSSR count). The first-order chi connectivity index (χ1) is 12.3. The average Bonchev–Trinajstić information content (AvgIpc) is 3.03. The first-order valence-electron chi connectivity index (χ1n) is 9.71. The zero-order chi connectivity index (χ0) is 17.5. The largest absolute Gasteiger partial charge is 0.497 e. The van der Waals surface area contributed by atoms with Crippen molar-refractivity contribution >= 4 is 5.96 Å². The van der Waals surface area contributed by atoms with Crippen molar-refractivity contribution in [2.45, 2.75) is 44.6 Å². The van der Waals surface area contributed by atoms with Crippen molar-refractivity contribution in [2.24, 2.45) is 10.7 Å². The number of hydrogen-bond donors (Lipinski definition) is 1. The standard InChI is InChI=1S/C20H32N4O/c1-25-18-10-8-9-17(15-18)19(23-11-6-7-12-23)16-22-20(21)24-13-4-2-3-5-14-24/h8-10,15,19H,2-7,11-14,16H2,1H3,(H2,21,22). The molecule has 1 aromatic carbocycles. The molecule has 2 saturated heterocycles. The summed E-state index contributed by atoms with van der Waals surface area (Å²) in [5.41, 5.74) is 7.60. The maximum atomic E-state index is 6.33. The third kappa shape index (κ3) is 4.88. The number of guanidine groups is 1. The number of ether oxygens (including phenoxy) is 1. The summed E-state index contributed by atoms with van der Waals surface area (Å²) in [6, 6.07) is 8.67. The quantitative estimate of drug-likeness (QED) is 0.659. The zero-order valence-electron chi connectivity index (χ0n) is 15.5. The van der Waals surface area contributed by atoms with Crippen LogP contribution in [0.1, 0.15) is 50.1 Å². The van der Waals surface area contributed by atoms with E-state index in [0.29, 0.717) is 5.96 Å². The van der Waals surface area contributed by atoms with Gasteiger partial charge in [-0.3, -0.25) is 9.89 Å². The van der Waals surface area contributed by atoms with Gasteiger partial charge in [-0.05, 0) is 56.5 Å². The number of likely N-dealkylation sites (tertiary alicyclic amines) is 2. The van der Waals surface area contributed by atoms with Crippen LogP contribution in [-0.2, 0) is 0 Å². The molecule has 25 heavy (non-hydrogen) atoms. The average molecular weight is 345 g/mol. The summed E-state index contributed by atoms with van der Waals surface area (Å²) >= 11 is 0. The molecule has 0 spiro atoms. The van der Waals surface area contributed by atoms with Gasteiger partial charge in [-0.15, -0.1) is 0 Å². The number of nitrogens with zero attached hydrogens (tertiary/aromatic N) is 3. The fraction of sp³-hybridized carbons (Fsp3) is 0.650. The molecule has 0 amide bonds. The lowest BCUT2D eigenvalue weighted by molar-refractivity contribution is 0.250. The lowest BCUT2D eigenvalue weighted by Gasteiger charge is -2.28. The number of hydrogen-bond acceptors (Lipinski definition) is 3. The molecule has 5 heteroatoms. The van der Waals surface area contributed by atoms with Gasteiger partial charge in [-0.25, -0.2) is 0 Å². The predicted molar refractivity (Wildman–Crippen MR) is 103 cm³/mol. The Balaban J connectivity index is 1.73. The van der Waals surface area contributed by atoms with Gasteiger partial charge in [0, 0.05) is 13.1 Å². The smallest absolute Gasteiger partial charge is 0.191 e. The third-order valence-corrected chi connectivity index (χ3v) is 5.42. The molecule has 5 nitrogen and oxygen atoms in total. The molecule has 2 heterocycles. The first-order valence-corrected chi connectivity index (χ1v) is 9.71. The van der Waals surface area contributed by atoms with Crippen molar-refractivity contribution in [1.82, 2.24) is 9.80 Å². The van der Waals surface area contributed by atoms with Crippen LogP contribution in [0, 0.1) is 0 Å². The van der Waals surface area contributed by atoms with E-state index in [1.807, 2.05) is 6.07 Å². The second-order valence-electron chi connectivity index (χ2n) is 7.14. The van der Waals surface area contributed by atoms with Crippen LogP contribution in [0.5, 0.6) is 5.75 Å². The van der Waals surface area contributed by atoms with Crippen LogP contribution in [-0.4, -0.2) is 55.6 Å². The van der Waals surface area contributed by atoms with Crippen molar-refractivity contribution in [3.63, 3.8) is 0 Å². The topological polar surface area (TPSA) is 54.1 Å². The molecule has 0 aliphatic carbocycles. The van der Waals surface area contributed by atoms with Crippen LogP contribution in [0.4, 0.5) is 0 Å². The molecule has 2 aliphatic heterocycles. The summed E-state index contributed by atoms with van der Waals surface area (Å²) in [6.45, 7) is 5.09. The Morgan fingerprint density at radius 2 is 1.76 bits per heavy atom. The number of benzene rings is 1. The molecular weight excluding hydrogens is 312 g/mol. The Morgan fingerprint density at radius 3 is 2.44 bits per heavy atom. The van der Waals surface area contributed by atoms with Gasteiger partial charge in [0.05, 0.1) is 19.7 Å². The lowest BCUT2D eigenvalue weighted by atomic mass is 10.1. The highest BCUT2D eigenvalue weighted by Crippen LogP contribution is 2.28. The van der Waals surface area contributed by atoms with Gasteiger partial charge >= 0.3 is 0 Å². The van der Waals surface area contributed by atoms with E-state index >= 15 is 0 Å². The second kappa shape index (κ2) is 9.09. The van der Waals surface area contributed by atoms with Crippen LogP contribution in [0.25, 0.3) is 0 Å². The van der Waals surface area contributed by atoms with Gasteiger partial charge in [-0.2, -0.15) is 0 Å². The lowest BCUT2D eigenvalue weighted by Crippen LogP contribution is -2.39. The fourth-order valence-electron chi connectivity index (χ4n) is 3.91. The molecule has 0 bridgehead atoms. The van der Waals surface area contributed by atoms with E-state index in [1.54, 1.807) is 7.11 Å². The Bertz CT molecular complexity index is 561. The van der Waals surface area contributed by atoms with Gasteiger partial charge in [0.2, 0.25) is 0 Å². The predicted octanol–water partition coefficient (Wildman–Crippen LogP) is 3.02. The fourth-order valence-corrected chi connectivity index (χ4v) is 3.91. The van der Waals surface area contributed by atoms with E-state index in [9.17, 15) is 0 Å². The SMILES string of the molecule is COc1cccc(C(CN=C(N)N2CCCCCC2)N2CCCC2)c1. The highest BCUT2D eigenvalue weighted by atomic mass is 16.5. The minimum Gasteiger partial charge on any atom is -0.497 e. The van der Waals surface area contributed by atoms with E-state index in [0.717, 1.165) is 38.5 Å². The summed E-state index contributed by atoms with van der Waals surface area (Å²) in [5, 5.41) is 0. The molecule has 138 valence electrons. The molecule has 1 atom stereocenters. The molecule has 1 unspecified atom stereocenters. The minimum absolute atomic E-state index is 0.281. The summed E-state index contributed by atoms with van der Waals surface area (Å²) in [5.74, 6) is 1.63. The highest BCUT2D eigenvalue weighted by Gasteiger charge is 2.24. The molecule has 2 fully saturated rings. The van der Waals surface area contributed by atoms with Crippen molar-refractivity contribution in [2.75, 3.05) is 39.8 Å². The molecule has 1 aromatic rings. The van der Waals surface area contributed by atoms with Crippen LogP contribution < -0.4 is 10.5 Å². The zero-order valence-corrected chi connectivity index (χ0v) is 15.5. The van der Waals surface area contributed by atoms with E-state index in [-0.39, 0.29) is 6.04 Å². The third-order valence-electron chi connectivity index (χ3n) is 5.42. The number of rotatable bonds is 5. The first kappa shape index (κ1) is 18.1. The Labute approximate surface area is 151 Å². The van der Waals surface area contributed by atoms with Gasteiger partial charge in [0.1, 0.15) is 5.75 Å². The van der Waals surface area contributed by atoms with Crippen molar-refractivity contribution in [1.29, 1.82) is 0 Å². The molecular formula is C20H32N4O. The highest BCUT2D eigenvalue weighted by molar-refractivity contribution is 5.78. The van der Waals surface area contributed by atoms with Gasteiger partial charge in [0.15, 0.2) is 5.96 Å². The normalized spacial score (nSPS) is 21.2. The monoisotopic (exact) mass is 344 g/mol. The van der Waals surface area contributed by atoms with E-state index in [2.05, 4.69) is 28.0 Å². The molecule has 0 radical (unpaired) electrons. The van der Waals surface area contributed by atoms with Crippen LogP contribution in [0.2, 0.25) is 0 Å². The molecule has 0 saturated carbocycles. The molecule has 0 aromatic heterocycles. The minimum atomic E-state index is 0.281. The van der Waals surface area contributed by atoms with Crippen LogP contribution >= 0.6 is 0 Å². The van der Waals surface area contributed by atoms with Gasteiger partial charge in [0.25, 0.3) is 0 Å². The Morgan fingerprint density at radius 1 is 1.08 bits per heavy atom. The Kier molecular flexibility index (Phi) is 6.56. The van der Waals surface area contributed by atoms with Crippen LogP contribution in [0.3, 0.4) is 0 Å². The number of nitrogens with two attached hydrogens (primary N) is 1. The van der Waals surface area contributed by atoms with E-state index < -0.39 is 0 Å². The summed E-state index contributed by atoms with van der Waals surface area (Å²) in [7, 11) is 1.72. The van der Waals surface area contributed by atoms with Crippen molar-refractivity contribution in [3.05, 3.63) is 29.8 Å². The number of aliphatic imine (C=N–C) groups is 1. The molecule has 2 aliphatic rings.